The van der Waals surface area contributed by atoms with Crippen LogP contribution in [-0.4, -0.2) is 35.1 Å². The standard InChI is InChI=1S/C20H23N3O6/c1-4-21-16-6-5-15(9-17(16)23(27)28)20(26)29-11-18(24)22-10-14-7-12(2)19(25)13(3)8-14/h5-9,21,25H,4,10-11H2,1-3H3,(H,22,24). The molecule has 2 aromatic rings. The van der Waals surface area contributed by atoms with Gasteiger partial charge in [0.1, 0.15) is 11.4 Å². The summed E-state index contributed by atoms with van der Waals surface area (Å²) in [5.74, 6) is -1.13. The van der Waals surface area contributed by atoms with E-state index in [4.69, 9.17) is 4.74 Å². The number of phenolic OH excluding ortho intramolecular Hbond substituents is 1. The first-order valence-electron chi connectivity index (χ1n) is 8.98. The van der Waals surface area contributed by atoms with Gasteiger partial charge in [-0.2, -0.15) is 0 Å². The zero-order chi connectivity index (χ0) is 21.6. The van der Waals surface area contributed by atoms with E-state index < -0.39 is 23.4 Å². The van der Waals surface area contributed by atoms with Crippen LogP contribution in [-0.2, 0) is 16.1 Å². The molecule has 154 valence electrons. The third-order valence-electron chi connectivity index (χ3n) is 4.17. The van der Waals surface area contributed by atoms with E-state index in [1.165, 1.54) is 12.1 Å². The fourth-order valence-corrected chi connectivity index (χ4v) is 2.76. The maximum absolute atomic E-state index is 12.1. The first-order chi connectivity index (χ1) is 13.7. The topological polar surface area (TPSA) is 131 Å². The molecular formula is C20H23N3O6. The van der Waals surface area contributed by atoms with Gasteiger partial charge >= 0.3 is 5.97 Å². The molecule has 0 spiro atoms. The lowest BCUT2D eigenvalue weighted by atomic mass is 10.1. The molecule has 1 amide bonds. The van der Waals surface area contributed by atoms with E-state index in [1.54, 1.807) is 32.9 Å². The minimum absolute atomic E-state index is 0.0177. The molecule has 0 fully saturated rings. The van der Waals surface area contributed by atoms with Crippen molar-refractivity contribution < 1.29 is 24.4 Å². The van der Waals surface area contributed by atoms with Gasteiger partial charge in [-0.3, -0.25) is 14.9 Å². The van der Waals surface area contributed by atoms with E-state index in [2.05, 4.69) is 10.6 Å². The number of carbonyl (C=O) groups excluding carboxylic acids is 2. The summed E-state index contributed by atoms with van der Waals surface area (Å²) >= 11 is 0. The van der Waals surface area contributed by atoms with Crippen LogP contribution in [0, 0.1) is 24.0 Å². The van der Waals surface area contributed by atoms with Gasteiger partial charge in [0, 0.05) is 19.2 Å². The van der Waals surface area contributed by atoms with Gasteiger partial charge in [0.15, 0.2) is 6.61 Å². The number of ether oxygens (including phenoxy) is 1. The summed E-state index contributed by atoms with van der Waals surface area (Å²) in [6, 6.07) is 7.43. The first-order valence-corrected chi connectivity index (χ1v) is 8.98. The van der Waals surface area contributed by atoms with Crippen LogP contribution in [0.3, 0.4) is 0 Å². The van der Waals surface area contributed by atoms with Crippen molar-refractivity contribution in [3.8, 4) is 5.75 Å². The normalized spacial score (nSPS) is 10.3. The average molecular weight is 401 g/mol. The number of carbonyl (C=O) groups is 2. The van der Waals surface area contributed by atoms with Gasteiger partial charge in [-0.15, -0.1) is 0 Å². The summed E-state index contributed by atoms with van der Waals surface area (Å²) in [6.07, 6.45) is 0. The zero-order valence-corrected chi connectivity index (χ0v) is 16.4. The molecule has 0 atom stereocenters. The van der Waals surface area contributed by atoms with Crippen LogP contribution < -0.4 is 10.6 Å². The second kappa shape index (κ2) is 9.54. The van der Waals surface area contributed by atoms with Crippen molar-refractivity contribution in [3.63, 3.8) is 0 Å². The highest BCUT2D eigenvalue weighted by Crippen LogP contribution is 2.26. The third-order valence-corrected chi connectivity index (χ3v) is 4.17. The van der Waals surface area contributed by atoms with Gasteiger partial charge in [0.2, 0.25) is 0 Å². The number of phenols is 1. The van der Waals surface area contributed by atoms with Gasteiger partial charge in [-0.1, -0.05) is 12.1 Å². The number of aryl methyl sites for hydroxylation is 2. The van der Waals surface area contributed by atoms with Gasteiger partial charge in [-0.25, -0.2) is 4.79 Å². The molecule has 9 heteroatoms. The van der Waals surface area contributed by atoms with Crippen LogP contribution in [0.4, 0.5) is 11.4 Å². The van der Waals surface area contributed by atoms with Crippen molar-refractivity contribution in [1.82, 2.24) is 5.32 Å². The Bertz CT molecular complexity index is 919. The Hall–Kier alpha value is -3.62. The number of hydrogen-bond donors (Lipinski definition) is 3. The molecule has 9 nitrogen and oxygen atoms in total. The molecule has 0 saturated heterocycles. The third kappa shape index (κ3) is 5.68. The number of rotatable bonds is 8. The number of nitro groups is 1. The Morgan fingerprint density at radius 3 is 2.41 bits per heavy atom. The number of amides is 1. The van der Waals surface area contributed by atoms with Crippen LogP contribution in [0.25, 0.3) is 0 Å². The number of aromatic hydroxyl groups is 1. The number of hydrogen-bond acceptors (Lipinski definition) is 7. The highest BCUT2D eigenvalue weighted by molar-refractivity contribution is 5.93. The number of esters is 1. The molecule has 3 N–H and O–H groups in total. The second-order valence-electron chi connectivity index (χ2n) is 6.45. The number of nitro benzene ring substituents is 1. The maximum Gasteiger partial charge on any atom is 0.338 e. The van der Waals surface area contributed by atoms with Crippen molar-refractivity contribution in [3.05, 3.63) is 62.7 Å². The molecule has 0 radical (unpaired) electrons. The SMILES string of the molecule is CCNc1ccc(C(=O)OCC(=O)NCc2cc(C)c(O)c(C)c2)cc1[N+](=O)[O-]. The molecule has 0 aliphatic rings. The summed E-state index contributed by atoms with van der Waals surface area (Å²) in [4.78, 5) is 34.6. The van der Waals surface area contributed by atoms with E-state index in [-0.39, 0.29) is 23.5 Å². The number of benzene rings is 2. The van der Waals surface area contributed by atoms with E-state index in [9.17, 15) is 24.8 Å². The van der Waals surface area contributed by atoms with E-state index in [0.717, 1.165) is 11.6 Å². The largest absolute Gasteiger partial charge is 0.507 e. The highest BCUT2D eigenvalue weighted by atomic mass is 16.6. The van der Waals surface area contributed by atoms with Crippen LogP contribution in [0.1, 0.15) is 34.0 Å². The fraction of sp³-hybridized carbons (Fsp3) is 0.300. The summed E-state index contributed by atoms with van der Waals surface area (Å²) in [7, 11) is 0. The Balaban J connectivity index is 1.94. The molecule has 0 aliphatic carbocycles. The zero-order valence-electron chi connectivity index (χ0n) is 16.4. The number of anilines is 1. The molecule has 2 rings (SSSR count). The first kappa shape index (κ1) is 21.7. The van der Waals surface area contributed by atoms with Crippen molar-refractivity contribution in [2.75, 3.05) is 18.5 Å². The second-order valence-corrected chi connectivity index (χ2v) is 6.45. The van der Waals surface area contributed by atoms with Gasteiger partial charge in [0.05, 0.1) is 10.5 Å². The Kier molecular flexibility index (Phi) is 7.13. The average Bonchev–Trinajstić information content (AvgIpc) is 2.68. The van der Waals surface area contributed by atoms with Crippen LogP contribution in [0.5, 0.6) is 5.75 Å². The Labute approximate surface area is 167 Å². The predicted octanol–water partition coefficient (Wildman–Crippen LogP) is 2.82. The smallest absolute Gasteiger partial charge is 0.338 e. The molecule has 0 heterocycles. The van der Waals surface area contributed by atoms with E-state index in [1.807, 2.05) is 0 Å². The van der Waals surface area contributed by atoms with Gasteiger partial charge in [0.25, 0.3) is 11.6 Å². The van der Waals surface area contributed by atoms with Crippen molar-refractivity contribution in [2.24, 2.45) is 0 Å². The molecule has 0 saturated carbocycles. The van der Waals surface area contributed by atoms with E-state index in [0.29, 0.717) is 23.4 Å². The van der Waals surface area contributed by atoms with Gasteiger partial charge in [-0.05, 0) is 49.6 Å². The molecule has 0 unspecified atom stereocenters. The van der Waals surface area contributed by atoms with Crippen LogP contribution in [0.15, 0.2) is 30.3 Å². The number of nitrogens with zero attached hydrogens (tertiary/aromatic N) is 1. The lowest BCUT2D eigenvalue weighted by Crippen LogP contribution is -2.28. The minimum atomic E-state index is -0.831. The predicted molar refractivity (Wildman–Crippen MR) is 107 cm³/mol. The lowest BCUT2D eigenvalue weighted by Gasteiger charge is -2.10. The Morgan fingerprint density at radius 2 is 1.83 bits per heavy atom. The monoisotopic (exact) mass is 401 g/mol. The molecule has 0 aromatic heterocycles. The van der Waals surface area contributed by atoms with E-state index >= 15 is 0 Å². The van der Waals surface area contributed by atoms with Crippen molar-refractivity contribution in [1.29, 1.82) is 0 Å². The number of nitrogens with one attached hydrogen (secondary N) is 2. The minimum Gasteiger partial charge on any atom is -0.507 e. The molecule has 2 aromatic carbocycles. The Morgan fingerprint density at radius 1 is 1.17 bits per heavy atom. The maximum atomic E-state index is 12.1. The fourth-order valence-electron chi connectivity index (χ4n) is 2.76. The summed E-state index contributed by atoms with van der Waals surface area (Å²) in [6.45, 7) is 5.50. The van der Waals surface area contributed by atoms with Gasteiger partial charge < -0.3 is 20.5 Å². The lowest BCUT2D eigenvalue weighted by molar-refractivity contribution is -0.384. The summed E-state index contributed by atoms with van der Waals surface area (Å²) < 4.78 is 4.95. The van der Waals surface area contributed by atoms with Crippen LogP contribution >= 0.6 is 0 Å². The van der Waals surface area contributed by atoms with Crippen molar-refractivity contribution >= 4 is 23.3 Å². The van der Waals surface area contributed by atoms with Crippen LogP contribution in [0.2, 0.25) is 0 Å². The molecule has 29 heavy (non-hydrogen) atoms. The summed E-state index contributed by atoms with van der Waals surface area (Å²) in [5.41, 5.74) is 2.23. The molecule has 0 bridgehead atoms. The van der Waals surface area contributed by atoms with Crippen molar-refractivity contribution in [2.45, 2.75) is 27.3 Å². The highest BCUT2D eigenvalue weighted by Gasteiger charge is 2.18. The quantitative estimate of drug-likeness (QED) is 0.352. The molecule has 0 aliphatic heterocycles. The molecular weight excluding hydrogens is 378 g/mol. The summed E-state index contributed by atoms with van der Waals surface area (Å²) in [5, 5.41) is 26.4.